The van der Waals surface area contributed by atoms with Gasteiger partial charge in [0.05, 0.1) is 25.9 Å². The van der Waals surface area contributed by atoms with Crippen LogP contribution in [0.2, 0.25) is 0 Å². The lowest BCUT2D eigenvalue weighted by Crippen LogP contribution is -2.30. The van der Waals surface area contributed by atoms with Crippen LogP contribution in [-0.2, 0) is 41.8 Å². The van der Waals surface area contributed by atoms with Crippen LogP contribution in [0, 0.1) is 5.92 Å². The summed E-state index contributed by atoms with van der Waals surface area (Å²) in [4.78, 5) is 52.8. The number of hydrogen-bond acceptors (Lipinski definition) is 11. The second-order valence-corrected chi connectivity index (χ2v) is 18.7. The number of hydrogen-bond donors (Lipinski definition) is 5. The van der Waals surface area contributed by atoms with Gasteiger partial charge in [0.25, 0.3) is 0 Å². The van der Waals surface area contributed by atoms with Crippen molar-refractivity contribution in [3.63, 3.8) is 0 Å². The molecule has 0 radical (unpaired) electrons. The zero-order chi connectivity index (χ0) is 46.2. The van der Waals surface area contributed by atoms with Crippen molar-refractivity contribution < 1.29 is 66.7 Å². The molecule has 0 amide bonds. The summed E-state index contributed by atoms with van der Waals surface area (Å²) in [5.41, 5.74) is 0. The summed E-state index contributed by atoms with van der Waals surface area (Å²) in [6, 6.07) is 0. The van der Waals surface area contributed by atoms with Crippen molar-refractivity contribution in [2.45, 2.75) is 187 Å². The van der Waals surface area contributed by atoms with Crippen LogP contribution in [0.4, 0.5) is 0 Å². The maximum Gasteiger partial charge on any atom is 0.472 e. The van der Waals surface area contributed by atoms with Gasteiger partial charge in [-0.2, -0.15) is 0 Å². The van der Waals surface area contributed by atoms with Crippen molar-refractivity contribution >= 4 is 27.6 Å². The number of rotatable bonds is 42. The fourth-order valence-corrected chi connectivity index (χ4v) is 7.13. The smallest absolute Gasteiger partial charge is 0.462 e. The van der Waals surface area contributed by atoms with Gasteiger partial charge in [-0.05, 0) is 50.9 Å². The Morgan fingerprint density at radius 2 is 1.03 bits per heavy atom. The molecule has 0 rings (SSSR count). The number of aliphatic hydroxyl groups is 2. The van der Waals surface area contributed by atoms with E-state index in [1.165, 1.54) is 64.2 Å². The second-order valence-electron chi connectivity index (χ2n) is 16.0. The van der Waals surface area contributed by atoms with Gasteiger partial charge in [0.1, 0.15) is 12.7 Å². The maximum atomic E-state index is 12.7. The van der Waals surface area contributed by atoms with Crippen LogP contribution in [0.15, 0.2) is 60.8 Å². The molecule has 0 saturated heterocycles. The minimum absolute atomic E-state index is 0.0365. The highest BCUT2D eigenvalue weighted by atomic mass is 31.2. The van der Waals surface area contributed by atoms with E-state index in [4.69, 9.17) is 23.8 Å². The SMILES string of the molecule is CC/C=C\C/C=C\C/C=C\C/C=C\C=C\C(O)CCCC(=O)OC[C@H](COP(=O)(O)OC[C@@H](O)COP(=O)(O)O)OC(=O)CCCCCCCCCCCCCCCCC(C)C. The van der Waals surface area contributed by atoms with Crippen molar-refractivity contribution in [1.82, 2.24) is 0 Å². The predicted octanol–water partition coefficient (Wildman–Crippen LogP) is 10.8. The van der Waals surface area contributed by atoms with E-state index in [0.717, 1.165) is 57.3 Å². The summed E-state index contributed by atoms with van der Waals surface area (Å²) < 4.78 is 47.7. The van der Waals surface area contributed by atoms with Gasteiger partial charge in [-0.15, -0.1) is 0 Å². The van der Waals surface area contributed by atoms with Crippen molar-refractivity contribution in [2.75, 3.05) is 26.4 Å². The number of unbranched alkanes of at least 4 members (excludes halogenated alkanes) is 13. The number of carbonyl (C=O) groups excluding carboxylic acids is 2. The Morgan fingerprint density at radius 3 is 1.58 bits per heavy atom. The third kappa shape index (κ3) is 44.4. The lowest BCUT2D eigenvalue weighted by atomic mass is 10.0. The van der Waals surface area contributed by atoms with Crippen LogP contribution in [0.25, 0.3) is 0 Å². The number of carbonyl (C=O) groups is 2. The van der Waals surface area contributed by atoms with Crippen LogP contribution in [0.5, 0.6) is 0 Å². The molecule has 4 atom stereocenters. The van der Waals surface area contributed by atoms with E-state index in [2.05, 4.69) is 66.3 Å². The van der Waals surface area contributed by atoms with Gasteiger partial charge in [0.2, 0.25) is 0 Å². The van der Waals surface area contributed by atoms with Crippen LogP contribution < -0.4 is 0 Å². The molecule has 0 aliphatic rings. The number of esters is 2. The molecule has 0 aliphatic heterocycles. The van der Waals surface area contributed by atoms with Crippen LogP contribution in [0.1, 0.15) is 168 Å². The first kappa shape index (κ1) is 59.8. The van der Waals surface area contributed by atoms with Gasteiger partial charge in [0.15, 0.2) is 6.10 Å². The molecule has 0 aromatic heterocycles. The van der Waals surface area contributed by atoms with Gasteiger partial charge in [-0.3, -0.25) is 23.2 Å². The highest BCUT2D eigenvalue weighted by molar-refractivity contribution is 7.47. The van der Waals surface area contributed by atoms with E-state index in [9.17, 15) is 33.8 Å². The van der Waals surface area contributed by atoms with E-state index in [-0.39, 0.29) is 12.8 Å². The van der Waals surface area contributed by atoms with E-state index >= 15 is 0 Å². The molecule has 0 fully saturated rings. The quantitative estimate of drug-likeness (QED) is 0.0127. The Kier molecular flexibility index (Phi) is 38.9. The topological polar surface area (TPSA) is 216 Å². The fraction of sp³-hybridized carbons (Fsp3) is 0.739. The van der Waals surface area contributed by atoms with Crippen LogP contribution in [0.3, 0.4) is 0 Å². The summed E-state index contributed by atoms with van der Waals surface area (Å²) in [6.45, 7) is 3.76. The number of aliphatic hydroxyl groups excluding tert-OH is 2. The molecule has 16 heteroatoms. The Balaban J connectivity index is 4.66. The first-order valence-corrected chi connectivity index (χ1v) is 26.0. The summed E-state index contributed by atoms with van der Waals surface area (Å²) in [5, 5.41) is 20.0. The molecule has 2 unspecified atom stereocenters. The molecule has 360 valence electrons. The zero-order valence-electron chi connectivity index (χ0n) is 38.0. The predicted molar refractivity (Wildman–Crippen MR) is 245 cm³/mol. The maximum absolute atomic E-state index is 12.7. The molecule has 0 bridgehead atoms. The minimum Gasteiger partial charge on any atom is -0.462 e. The number of allylic oxidation sites excluding steroid dienone is 9. The minimum atomic E-state index is -4.88. The summed E-state index contributed by atoms with van der Waals surface area (Å²) in [6.07, 6.45) is 38.2. The van der Waals surface area contributed by atoms with Crippen molar-refractivity contribution in [2.24, 2.45) is 5.92 Å². The largest absolute Gasteiger partial charge is 0.472 e. The molecular weight excluding hydrogens is 838 g/mol. The molecular formula is C46H82O14P2. The van der Waals surface area contributed by atoms with Crippen LogP contribution in [-0.4, -0.2) is 81.6 Å². The molecule has 5 N–H and O–H groups in total. The first-order valence-electron chi connectivity index (χ1n) is 22.9. The highest BCUT2D eigenvalue weighted by Gasteiger charge is 2.28. The van der Waals surface area contributed by atoms with Gasteiger partial charge in [-0.25, -0.2) is 9.13 Å². The van der Waals surface area contributed by atoms with E-state index in [0.29, 0.717) is 19.3 Å². The fourth-order valence-electron chi connectivity index (χ4n) is 5.97. The summed E-state index contributed by atoms with van der Waals surface area (Å²) in [7, 11) is -9.74. The Hall–Kier alpha value is -2.22. The first-order chi connectivity index (χ1) is 29.6. The van der Waals surface area contributed by atoms with Gasteiger partial charge in [0, 0.05) is 12.8 Å². The lowest BCUT2D eigenvalue weighted by molar-refractivity contribution is -0.161. The molecule has 0 aromatic rings. The molecule has 0 saturated carbocycles. The Morgan fingerprint density at radius 1 is 0.548 bits per heavy atom. The average Bonchev–Trinajstić information content (AvgIpc) is 3.21. The van der Waals surface area contributed by atoms with E-state index < -0.39 is 72.3 Å². The molecule has 14 nitrogen and oxygen atoms in total. The highest BCUT2D eigenvalue weighted by Crippen LogP contribution is 2.43. The molecule has 0 spiro atoms. The normalized spacial score (nSPS) is 15.1. The third-order valence-corrected chi connectivity index (χ3v) is 10.9. The second kappa shape index (κ2) is 40.3. The average molecular weight is 921 g/mol. The lowest BCUT2D eigenvalue weighted by Gasteiger charge is -2.20. The zero-order valence-corrected chi connectivity index (χ0v) is 39.8. The monoisotopic (exact) mass is 921 g/mol. The van der Waals surface area contributed by atoms with Crippen molar-refractivity contribution in [3.8, 4) is 0 Å². The van der Waals surface area contributed by atoms with E-state index in [1.54, 1.807) is 12.2 Å². The standard InChI is InChI=1S/C46H82O14P2/c1-4-5-6-7-8-9-10-13-17-20-23-26-29-33-42(47)34-31-36-45(49)56-39-44(40-59-62(54,55)58-38-43(48)37-57-61(51,52)53)60-46(50)35-30-27-24-21-18-15-12-11-14-16-19-22-25-28-32-41(2)3/h5-6,8-9,13,17,23,26,29,33,41-44,47-48H,4,7,10-12,14-16,18-22,24-25,27-28,30-32,34-40H2,1-3H3,(H,54,55)(H2,51,52,53)/b6-5-,9-8-,17-13-,26-23-,33-29+/t42?,43-,44+/m0/s1. The Labute approximate surface area is 373 Å². The molecule has 0 aromatic carbocycles. The van der Waals surface area contributed by atoms with Gasteiger partial charge < -0.3 is 34.4 Å². The van der Waals surface area contributed by atoms with E-state index in [1.807, 2.05) is 12.2 Å². The van der Waals surface area contributed by atoms with Gasteiger partial charge >= 0.3 is 27.6 Å². The molecule has 0 aliphatic carbocycles. The molecule has 0 heterocycles. The van der Waals surface area contributed by atoms with Gasteiger partial charge in [-0.1, -0.05) is 171 Å². The molecule has 62 heavy (non-hydrogen) atoms. The van der Waals surface area contributed by atoms with Crippen LogP contribution >= 0.6 is 15.6 Å². The number of phosphoric ester groups is 2. The van der Waals surface area contributed by atoms with Crippen molar-refractivity contribution in [3.05, 3.63) is 60.8 Å². The summed E-state index contributed by atoms with van der Waals surface area (Å²) in [5.74, 6) is -0.436. The van der Waals surface area contributed by atoms with Crippen molar-refractivity contribution in [1.29, 1.82) is 0 Å². The third-order valence-electron chi connectivity index (χ3n) is 9.44. The number of ether oxygens (including phenoxy) is 2. The number of phosphoric acid groups is 2. The summed E-state index contributed by atoms with van der Waals surface area (Å²) >= 11 is 0. The Bertz CT molecular complexity index is 1360.